The van der Waals surface area contributed by atoms with Gasteiger partial charge in [0, 0.05) is 23.2 Å². The molecule has 0 amide bonds. The maximum atomic E-state index is 5.96. The highest BCUT2D eigenvalue weighted by Gasteiger charge is 2.14. The molecule has 2 rings (SSSR count). The number of nitrogen functional groups attached to an aromatic ring is 1. The zero-order valence-electron chi connectivity index (χ0n) is 9.82. The van der Waals surface area contributed by atoms with Crippen molar-refractivity contribution >= 4 is 16.6 Å². The molecule has 0 saturated carbocycles. The summed E-state index contributed by atoms with van der Waals surface area (Å²) in [4.78, 5) is 4.32. The van der Waals surface area contributed by atoms with Crippen LogP contribution in [0.5, 0.6) is 5.75 Å². The molecule has 16 heavy (non-hydrogen) atoms. The third kappa shape index (κ3) is 1.58. The van der Waals surface area contributed by atoms with Gasteiger partial charge in [0.15, 0.2) is 0 Å². The monoisotopic (exact) mass is 216 g/mol. The topological polar surface area (TPSA) is 48.1 Å². The van der Waals surface area contributed by atoms with Crippen molar-refractivity contribution in [2.45, 2.75) is 19.8 Å². The lowest BCUT2D eigenvalue weighted by atomic mass is 9.96. The second-order valence-electron chi connectivity index (χ2n) is 4.14. The number of rotatable bonds is 2. The van der Waals surface area contributed by atoms with Crippen LogP contribution in [0.25, 0.3) is 10.9 Å². The molecule has 0 unspecified atom stereocenters. The Labute approximate surface area is 95.2 Å². The number of fused-ring (bicyclic) bond motifs is 1. The minimum atomic E-state index is 0.377. The molecule has 0 aliphatic rings. The van der Waals surface area contributed by atoms with Gasteiger partial charge in [-0.25, -0.2) is 0 Å². The van der Waals surface area contributed by atoms with E-state index in [4.69, 9.17) is 10.5 Å². The van der Waals surface area contributed by atoms with E-state index in [0.717, 1.165) is 16.7 Å². The molecule has 2 aromatic rings. The van der Waals surface area contributed by atoms with Crippen molar-refractivity contribution in [3.05, 3.63) is 30.0 Å². The average molecular weight is 216 g/mol. The van der Waals surface area contributed by atoms with Crippen molar-refractivity contribution in [3.63, 3.8) is 0 Å². The number of hydrogen-bond donors (Lipinski definition) is 1. The Morgan fingerprint density at radius 1 is 1.38 bits per heavy atom. The fourth-order valence-electron chi connectivity index (χ4n) is 2.04. The van der Waals surface area contributed by atoms with Crippen molar-refractivity contribution in [1.29, 1.82) is 0 Å². The predicted octanol–water partition coefficient (Wildman–Crippen LogP) is 2.95. The summed E-state index contributed by atoms with van der Waals surface area (Å²) < 4.78 is 5.39. The third-order valence-electron chi connectivity index (χ3n) is 2.72. The molecule has 84 valence electrons. The summed E-state index contributed by atoms with van der Waals surface area (Å²) >= 11 is 0. The van der Waals surface area contributed by atoms with Crippen molar-refractivity contribution < 1.29 is 4.74 Å². The number of methoxy groups -OCH3 is 1. The number of pyridine rings is 1. The van der Waals surface area contributed by atoms with Crippen LogP contribution in [0.4, 0.5) is 5.69 Å². The van der Waals surface area contributed by atoms with E-state index in [1.807, 2.05) is 18.2 Å². The first kappa shape index (κ1) is 10.7. The Morgan fingerprint density at radius 3 is 2.75 bits per heavy atom. The highest BCUT2D eigenvalue weighted by Crippen LogP contribution is 2.36. The molecule has 0 aliphatic carbocycles. The smallest absolute Gasteiger partial charge is 0.125 e. The van der Waals surface area contributed by atoms with E-state index in [1.54, 1.807) is 13.3 Å². The number of hydrogen-bond acceptors (Lipinski definition) is 3. The summed E-state index contributed by atoms with van der Waals surface area (Å²) in [6.07, 6.45) is 1.76. The lowest BCUT2D eigenvalue weighted by Gasteiger charge is -2.15. The molecule has 0 spiro atoms. The van der Waals surface area contributed by atoms with E-state index in [1.165, 1.54) is 5.56 Å². The molecule has 0 atom stereocenters. The molecule has 0 bridgehead atoms. The van der Waals surface area contributed by atoms with Gasteiger partial charge in [0.25, 0.3) is 0 Å². The molecular formula is C13H16N2O. The summed E-state index contributed by atoms with van der Waals surface area (Å²) in [7, 11) is 1.67. The van der Waals surface area contributed by atoms with Crippen LogP contribution >= 0.6 is 0 Å². The first-order chi connectivity index (χ1) is 7.65. The molecule has 0 saturated heterocycles. The molecular weight excluding hydrogens is 200 g/mol. The maximum Gasteiger partial charge on any atom is 0.125 e. The number of aromatic nitrogens is 1. The Hall–Kier alpha value is -1.77. The number of ether oxygens (including phenoxy) is 1. The first-order valence-corrected chi connectivity index (χ1v) is 5.36. The number of benzene rings is 1. The molecule has 3 heteroatoms. The van der Waals surface area contributed by atoms with Gasteiger partial charge >= 0.3 is 0 Å². The largest absolute Gasteiger partial charge is 0.496 e. The number of nitrogens with zero attached hydrogens (tertiary/aromatic N) is 1. The van der Waals surface area contributed by atoms with Crippen LogP contribution in [-0.4, -0.2) is 12.1 Å². The molecule has 1 aromatic carbocycles. The van der Waals surface area contributed by atoms with Crippen LogP contribution in [0.15, 0.2) is 24.4 Å². The fraction of sp³-hybridized carbons (Fsp3) is 0.308. The van der Waals surface area contributed by atoms with Crippen LogP contribution in [0.2, 0.25) is 0 Å². The third-order valence-corrected chi connectivity index (χ3v) is 2.72. The Balaban J connectivity index is 2.87. The summed E-state index contributed by atoms with van der Waals surface area (Å²) in [5.74, 6) is 1.22. The van der Waals surface area contributed by atoms with E-state index in [2.05, 4.69) is 18.8 Å². The zero-order valence-corrected chi connectivity index (χ0v) is 9.82. The highest BCUT2D eigenvalue weighted by atomic mass is 16.5. The minimum Gasteiger partial charge on any atom is -0.496 e. The fourth-order valence-corrected chi connectivity index (χ4v) is 2.04. The van der Waals surface area contributed by atoms with Crippen LogP contribution < -0.4 is 10.5 Å². The van der Waals surface area contributed by atoms with Crippen LogP contribution in [0, 0.1) is 0 Å². The summed E-state index contributed by atoms with van der Waals surface area (Å²) in [6.45, 7) is 4.28. The van der Waals surface area contributed by atoms with Gasteiger partial charge in [-0.2, -0.15) is 0 Å². The molecule has 0 aliphatic heterocycles. The molecule has 1 heterocycles. The van der Waals surface area contributed by atoms with Crippen LogP contribution in [0.3, 0.4) is 0 Å². The Kier molecular flexibility index (Phi) is 2.69. The van der Waals surface area contributed by atoms with Gasteiger partial charge < -0.3 is 10.5 Å². The van der Waals surface area contributed by atoms with Crippen molar-refractivity contribution in [2.24, 2.45) is 0 Å². The van der Waals surface area contributed by atoms with E-state index >= 15 is 0 Å². The van der Waals surface area contributed by atoms with Crippen molar-refractivity contribution in [3.8, 4) is 5.75 Å². The van der Waals surface area contributed by atoms with Gasteiger partial charge in [0.1, 0.15) is 5.75 Å². The van der Waals surface area contributed by atoms with E-state index in [-0.39, 0.29) is 0 Å². The molecule has 0 fully saturated rings. The molecule has 1 aromatic heterocycles. The van der Waals surface area contributed by atoms with E-state index < -0.39 is 0 Å². The average Bonchev–Trinajstić information content (AvgIpc) is 2.28. The van der Waals surface area contributed by atoms with Gasteiger partial charge in [-0.1, -0.05) is 19.9 Å². The number of anilines is 1. The molecule has 0 radical (unpaired) electrons. The van der Waals surface area contributed by atoms with Gasteiger partial charge in [-0.15, -0.1) is 0 Å². The van der Waals surface area contributed by atoms with E-state index in [9.17, 15) is 0 Å². The van der Waals surface area contributed by atoms with E-state index in [0.29, 0.717) is 11.6 Å². The van der Waals surface area contributed by atoms with Gasteiger partial charge in [0.05, 0.1) is 18.3 Å². The quantitative estimate of drug-likeness (QED) is 0.785. The van der Waals surface area contributed by atoms with Crippen molar-refractivity contribution in [1.82, 2.24) is 4.98 Å². The Bertz CT molecular complexity index is 521. The molecule has 3 nitrogen and oxygen atoms in total. The maximum absolute atomic E-state index is 5.96. The number of nitrogens with two attached hydrogens (primary N) is 1. The molecule has 2 N–H and O–H groups in total. The second kappa shape index (κ2) is 4.00. The van der Waals surface area contributed by atoms with Gasteiger partial charge in [-0.3, -0.25) is 4.98 Å². The second-order valence-corrected chi connectivity index (χ2v) is 4.14. The standard InChI is InChI=1S/C13H16N2O/c1-8(2)12-9-5-4-6-15-13(9)10(14)7-11(12)16-3/h4-8H,14H2,1-3H3. The van der Waals surface area contributed by atoms with Gasteiger partial charge in [-0.05, 0) is 12.0 Å². The normalized spacial score (nSPS) is 11.0. The SMILES string of the molecule is COc1cc(N)c2ncccc2c1C(C)C. The highest BCUT2D eigenvalue weighted by molar-refractivity contribution is 5.94. The van der Waals surface area contributed by atoms with Gasteiger partial charge in [0.2, 0.25) is 0 Å². The Morgan fingerprint density at radius 2 is 2.12 bits per heavy atom. The summed E-state index contributed by atoms with van der Waals surface area (Å²) in [6, 6.07) is 5.81. The lowest BCUT2D eigenvalue weighted by molar-refractivity contribution is 0.409. The summed E-state index contributed by atoms with van der Waals surface area (Å²) in [5.41, 5.74) is 8.64. The summed E-state index contributed by atoms with van der Waals surface area (Å²) in [5, 5.41) is 1.08. The minimum absolute atomic E-state index is 0.377. The first-order valence-electron chi connectivity index (χ1n) is 5.36. The predicted molar refractivity (Wildman–Crippen MR) is 66.8 cm³/mol. The van der Waals surface area contributed by atoms with Crippen LogP contribution in [0.1, 0.15) is 25.3 Å². The van der Waals surface area contributed by atoms with Crippen molar-refractivity contribution in [2.75, 3.05) is 12.8 Å². The van der Waals surface area contributed by atoms with Crippen LogP contribution in [-0.2, 0) is 0 Å². The lowest BCUT2D eigenvalue weighted by Crippen LogP contribution is -1.99. The zero-order chi connectivity index (χ0) is 11.7.